The van der Waals surface area contributed by atoms with Crippen LogP contribution < -0.4 is 4.74 Å². The van der Waals surface area contributed by atoms with Gasteiger partial charge in [0.2, 0.25) is 10.0 Å². The molecule has 2 aromatic carbocycles. The average Bonchev–Trinajstić information content (AvgIpc) is 3.11. The van der Waals surface area contributed by atoms with E-state index in [4.69, 9.17) is 9.47 Å². The van der Waals surface area contributed by atoms with E-state index in [1.165, 1.54) is 9.87 Å². The molecule has 0 unspecified atom stereocenters. The fourth-order valence-electron chi connectivity index (χ4n) is 3.94. The van der Waals surface area contributed by atoms with Crippen molar-refractivity contribution in [1.82, 2.24) is 14.1 Å². The fraction of sp³-hybridized carbons (Fsp3) is 0.375. The Kier molecular flexibility index (Phi) is 6.64. The number of fused-ring (bicyclic) bond motifs is 1. The van der Waals surface area contributed by atoms with Crippen LogP contribution in [0.15, 0.2) is 53.4 Å². The van der Waals surface area contributed by atoms with Crippen molar-refractivity contribution < 1.29 is 17.9 Å². The van der Waals surface area contributed by atoms with Crippen LogP contribution in [0.2, 0.25) is 0 Å². The van der Waals surface area contributed by atoms with Crippen LogP contribution in [-0.4, -0.2) is 35.7 Å². The molecule has 2 heterocycles. The minimum atomic E-state index is -3.61. The number of aryl methyl sites for hydroxylation is 2. The molecule has 0 saturated carbocycles. The lowest BCUT2D eigenvalue weighted by Crippen LogP contribution is -2.36. The molecule has 0 N–H and O–H groups in total. The highest BCUT2D eigenvalue weighted by Crippen LogP contribution is 2.28. The molecule has 7 nitrogen and oxygen atoms in total. The van der Waals surface area contributed by atoms with Gasteiger partial charge in [0, 0.05) is 37.8 Å². The molecule has 8 heteroatoms. The van der Waals surface area contributed by atoms with Crippen molar-refractivity contribution in [2.24, 2.45) is 7.05 Å². The Balaban J connectivity index is 1.48. The van der Waals surface area contributed by atoms with Gasteiger partial charge in [-0.2, -0.15) is 9.40 Å². The molecule has 32 heavy (non-hydrogen) atoms. The Morgan fingerprint density at radius 3 is 2.44 bits per heavy atom. The molecular weight excluding hydrogens is 426 g/mol. The SMILES string of the molecule is CCOc1ccc(S(=O)(=O)N2CCc3c(c(COCc4ccc(C)cc4)nn3C)C2)cc1. The third-order valence-electron chi connectivity index (χ3n) is 5.69. The number of sulfonamides is 1. The zero-order chi connectivity index (χ0) is 22.7. The van der Waals surface area contributed by atoms with E-state index in [-0.39, 0.29) is 4.90 Å². The Labute approximate surface area is 189 Å². The van der Waals surface area contributed by atoms with Crippen LogP contribution in [0.5, 0.6) is 5.75 Å². The van der Waals surface area contributed by atoms with Crippen LogP contribution in [0.1, 0.15) is 35.0 Å². The van der Waals surface area contributed by atoms with Crippen molar-refractivity contribution in [3.8, 4) is 5.75 Å². The summed E-state index contributed by atoms with van der Waals surface area (Å²) in [6.07, 6.45) is 0.618. The van der Waals surface area contributed by atoms with E-state index in [1.54, 1.807) is 24.3 Å². The van der Waals surface area contributed by atoms with E-state index in [1.807, 2.05) is 30.8 Å². The molecule has 1 aliphatic heterocycles. The molecule has 0 bridgehead atoms. The summed E-state index contributed by atoms with van der Waals surface area (Å²) in [6, 6.07) is 14.8. The van der Waals surface area contributed by atoms with Crippen molar-refractivity contribution in [3.05, 3.63) is 76.6 Å². The Morgan fingerprint density at radius 1 is 1.03 bits per heavy atom. The van der Waals surface area contributed by atoms with E-state index in [0.29, 0.717) is 45.1 Å². The van der Waals surface area contributed by atoms with Gasteiger partial charge in [0.05, 0.1) is 30.4 Å². The molecule has 0 spiro atoms. The van der Waals surface area contributed by atoms with Crippen molar-refractivity contribution >= 4 is 10.0 Å². The highest BCUT2D eigenvalue weighted by atomic mass is 32.2. The van der Waals surface area contributed by atoms with E-state index in [0.717, 1.165) is 22.5 Å². The molecular formula is C24H29N3O4S. The van der Waals surface area contributed by atoms with Crippen molar-refractivity contribution in [2.45, 2.75) is 44.9 Å². The first-order valence-corrected chi connectivity index (χ1v) is 12.2. The molecule has 0 fully saturated rings. The summed E-state index contributed by atoms with van der Waals surface area (Å²) in [6.45, 7) is 6.03. The van der Waals surface area contributed by atoms with Crippen molar-refractivity contribution in [3.63, 3.8) is 0 Å². The number of hydrogen-bond acceptors (Lipinski definition) is 5. The smallest absolute Gasteiger partial charge is 0.243 e. The first-order chi connectivity index (χ1) is 15.4. The zero-order valence-electron chi connectivity index (χ0n) is 18.7. The standard InChI is InChI=1S/C24H29N3O4S/c1-4-31-20-9-11-21(12-10-20)32(28,29)27-14-13-24-22(15-27)23(25-26(24)3)17-30-16-19-7-5-18(2)6-8-19/h5-12H,4,13-17H2,1-3H3. The maximum Gasteiger partial charge on any atom is 0.243 e. The van der Waals surface area contributed by atoms with Gasteiger partial charge in [0.1, 0.15) is 5.75 Å². The molecule has 4 rings (SSSR count). The van der Waals surface area contributed by atoms with Crippen LogP contribution in [0.3, 0.4) is 0 Å². The summed E-state index contributed by atoms with van der Waals surface area (Å²) in [5.74, 6) is 0.660. The highest BCUT2D eigenvalue weighted by Gasteiger charge is 2.32. The van der Waals surface area contributed by atoms with Gasteiger partial charge >= 0.3 is 0 Å². The third kappa shape index (κ3) is 4.72. The summed E-state index contributed by atoms with van der Waals surface area (Å²) in [7, 11) is -1.71. The molecule has 0 radical (unpaired) electrons. The van der Waals surface area contributed by atoms with Gasteiger partial charge < -0.3 is 9.47 Å². The van der Waals surface area contributed by atoms with E-state index in [2.05, 4.69) is 24.2 Å². The molecule has 1 aliphatic rings. The number of ether oxygens (including phenoxy) is 2. The van der Waals surface area contributed by atoms with Crippen molar-refractivity contribution in [2.75, 3.05) is 13.2 Å². The Morgan fingerprint density at radius 2 is 1.75 bits per heavy atom. The van der Waals surface area contributed by atoms with Crippen LogP contribution in [-0.2, 0) is 48.0 Å². The zero-order valence-corrected chi connectivity index (χ0v) is 19.6. The second-order valence-electron chi connectivity index (χ2n) is 7.97. The second-order valence-corrected chi connectivity index (χ2v) is 9.90. The van der Waals surface area contributed by atoms with Gasteiger partial charge in [-0.1, -0.05) is 29.8 Å². The average molecular weight is 456 g/mol. The maximum atomic E-state index is 13.2. The number of benzene rings is 2. The quantitative estimate of drug-likeness (QED) is 0.519. The maximum absolute atomic E-state index is 13.2. The number of hydrogen-bond donors (Lipinski definition) is 0. The molecule has 0 amide bonds. The minimum Gasteiger partial charge on any atom is -0.494 e. The van der Waals surface area contributed by atoms with Gasteiger partial charge in [-0.15, -0.1) is 0 Å². The largest absolute Gasteiger partial charge is 0.494 e. The number of rotatable bonds is 8. The van der Waals surface area contributed by atoms with E-state index in [9.17, 15) is 8.42 Å². The van der Waals surface area contributed by atoms with Crippen LogP contribution in [0.25, 0.3) is 0 Å². The molecule has 1 aromatic heterocycles. The van der Waals surface area contributed by atoms with Gasteiger partial charge in [-0.05, 0) is 43.7 Å². The van der Waals surface area contributed by atoms with Gasteiger partial charge in [0.25, 0.3) is 0 Å². The number of nitrogens with zero attached hydrogens (tertiary/aromatic N) is 3. The van der Waals surface area contributed by atoms with E-state index >= 15 is 0 Å². The Hall–Kier alpha value is -2.68. The lowest BCUT2D eigenvalue weighted by molar-refractivity contribution is 0.103. The molecule has 170 valence electrons. The number of aromatic nitrogens is 2. The normalized spacial score (nSPS) is 14.3. The molecule has 3 aromatic rings. The van der Waals surface area contributed by atoms with Crippen LogP contribution >= 0.6 is 0 Å². The summed E-state index contributed by atoms with van der Waals surface area (Å²) < 4.78 is 41.2. The Bertz CT molecular complexity index is 1170. The second kappa shape index (κ2) is 9.44. The highest BCUT2D eigenvalue weighted by molar-refractivity contribution is 7.89. The van der Waals surface area contributed by atoms with Crippen LogP contribution in [0.4, 0.5) is 0 Å². The molecule has 0 saturated heterocycles. The fourth-order valence-corrected chi connectivity index (χ4v) is 5.35. The predicted octanol–water partition coefficient (Wildman–Crippen LogP) is 3.59. The predicted molar refractivity (Wildman–Crippen MR) is 122 cm³/mol. The molecule has 0 atom stereocenters. The van der Waals surface area contributed by atoms with E-state index < -0.39 is 10.0 Å². The topological polar surface area (TPSA) is 73.7 Å². The first-order valence-electron chi connectivity index (χ1n) is 10.8. The summed E-state index contributed by atoms with van der Waals surface area (Å²) in [5, 5.41) is 4.61. The van der Waals surface area contributed by atoms with Crippen molar-refractivity contribution in [1.29, 1.82) is 0 Å². The monoisotopic (exact) mass is 455 g/mol. The first kappa shape index (κ1) is 22.5. The van der Waals surface area contributed by atoms with Crippen LogP contribution in [0, 0.1) is 6.92 Å². The summed E-state index contributed by atoms with van der Waals surface area (Å²) in [4.78, 5) is 0.269. The van der Waals surface area contributed by atoms with Gasteiger partial charge in [0.15, 0.2) is 0 Å². The molecule has 0 aliphatic carbocycles. The minimum absolute atomic E-state index is 0.269. The summed E-state index contributed by atoms with van der Waals surface area (Å²) >= 11 is 0. The lowest BCUT2D eigenvalue weighted by atomic mass is 10.1. The van der Waals surface area contributed by atoms with Gasteiger partial charge in [-0.25, -0.2) is 8.42 Å². The lowest BCUT2D eigenvalue weighted by Gasteiger charge is -2.27. The third-order valence-corrected chi connectivity index (χ3v) is 7.55. The summed E-state index contributed by atoms with van der Waals surface area (Å²) in [5.41, 5.74) is 5.11. The van der Waals surface area contributed by atoms with Gasteiger partial charge in [-0.3, -0.25) is 4.68 Å².